The molecule has 0 unspecified atom stereocenters. The number of amides is 1. The van der Waals surface area contributed by atoms with E-state index in [0.717, 1.165) is 0 Å². The fourth-order valence-electron chi connectivity index (χ4n) is 0.876. The van der Waals surface area contributed by atoms with E-state index < -0.39 is 28.9 Å². The van der Waals surface area contributed by atoms with Crippen LogP contribution >= 0.6 is 0 Å². The first-order valence-corrected chi connectivity index (χ1v) is 5.96. The number of nitrogens with one attached hydrogen (secondary N) is 1. The van der Waals surface area contributed by atoms with Crippen molar-refractivity contribution in [2.45, 2.75) is 12.5 Å². The summed E-state index contributed by atoms with van der Waals surface area (Å²) >= 11 is 0. The van der Waals surface area contributed by atoms with Gasteiger partial charge in [0.1, 0.15) is 6.04 Å². The molecule has 0 saturated heterocycles. The van der Waals surface area contributed by atoms with Crippen LogP contribution in [0.25, 0.3) is 0 Å². The van der Waals surface area contributed by atoms with E-state index in [1.54, 1.807) is 0 Å². The van der Waals surface area contributed by atoms with E-state index >= 15 is 0 Å². The summed E-state index contributed by atoms with van der Waals surface area (Å²) in [6.07, 6.45) is 1.06. The normalized spacial score (nSPS) is 13.8. The molecule has 0 aromatic carbocycles. The van der Waals surface area contributed by atoms with Crippen LogP contribution in [0.2, 0.25) is 0 Å². The Hall–Kier alpha value is -1.11. The molecule has 1 N–H and O–H groups in total. The van der Waals surface area contributed by atoms with Gasteiger partial charge in [-0.1, -0.05) is 0 Å². The Balaban J connectivity index is 4.24. The molecule has 0 bridgehead atoms. The number of ether oxygens (including phenoxy) is 2. The van der Waals surface area contributed by atoms with Gasteiger partial charge >= 0.3 is 12.1 Å². The Labute approximate surface area is 90.8 Å². The van der Waals surface area contributed by atoms with Crippen LogP contribution in [0.15, 0.2) is 0 Å². The summed E-state index contributed by atoms with van der Waals surface area (Å²) in [4.78, 5) is 22.1. The molecular weight excluding hydrogens is 222 g/mol. The van der Waals surface area contributed by atoms with Crippen LogP contribution in [-0.2, 0) is 25.1 Å². The number of methoxy groups -OCH3 is 2. The maximum atomic E-state index is 11.2. The number of alkyl carbamates (subject to hydrolysis) is 1. The molecule has 0 radical (unpaired) electrons. The van der Waals surface area contributed by atoms with Crippen LogP contribution in [0.3, 0.4) is 0 Å². The van der Waals surface area contributed by atoms with E-state index in [1.807, 2.05) is 0 Å². The van der Waals surface area contributed by atoms with Crippen LogP contribution in [0, 0.1) is 0 Å². The summed E-state index contributed by atoms with van der Waals surface area (Å²) in [6.45, 7) is 0. The van der Waals surface area contributed by atoms with Gasteiger partial charge in [0, 0.05) is 22.8 Å². The van der Waals surface area contributed by atoms with Crippen LogP contribution < -0.4 is 5.32 Å². The lowest BCUT2D eigenvalue weighted by Gasteiger charge is -2.14. The lowest BCUT2D eigenvalue weighted by Crippen LogP contribution is -2.42. The molecule has 0 saturated carbocycles. The average molecular weight is 237 g/mol. The van der Waals surface area contributed by atoms with Gasteiger partial charge in [-0.3, -0.25) is 4.21 Å². The SMILES string of the molecule is COC(=O)N[C@@H](CC[S@@](C)=O)C(=O)OC. The first-order chi connectivity index (χ1) is 7.01. The van der Waals surface area contributed by atoms with E-state index in [9.17, 15) is 13.8 Å². The fourth-order valence-corrected chi connectivity index (χ4v) is 1.44. The number of rotatable bonds is 5. The number of carbonyl (C=O) groups excluding carboxylic acids is 2. The van der Waals surface area contributed by atoms with Gasteiger partial charge in [-0.15, -0.1) is 0 Å². The van der Waals surface area contributed by atoms with Crippen LogP contribution in [0.1, 0.15) is 6.42 Å². The van der Waals surface area contributed by atoms with Gasteiger partial charge in [0.15, 0.2) is 0 Å². The van der Waals surface area contributed by atoms with Crippen molar-refractivity contribution in [1.29, 1.82) is 0 Å². The fraction of sp³-hybridized carbons (Fsp3) is 0.750. The molecule has 2 atom stereocenters. The van der Waals surface area contributed by atoms with Crippen LogP contribution in [-0.4, -0.2) is 48.5 Å². The molecule has 0 fully saturated rings. The van der Waals surface area contributed by atoms with Crippen molar-refractivity contribution < 1.29 is 23.3 Å². The second-order valence-electron chi connectivity index (χ2n) is 2.78. The summed E-state index contributed by atoms with van der Waals surface area (Å²) in [5, 5.41) is 2.30. The first-order valence-electron chi connectivity index (χ1n) is 4.23. The molecule has 0 rings (SSSR count). The topological polar surface area (TPSA) is 81.7 Å². The number of carbonyl (C=O) groups is 2. The molecule has 0 aliphatic heterocycles. The second-order valence-corrected chi connectivity index (χ2v) is 4.33. The molecule has 0 aromatic rings. The smallest absolute Gasteiger partial charge is 0.407 e. The minimum absolute atomic E-state index is 0.255. The third-order valence-corrected chi connectivity index (χ3v) is 2.47. The first kappa shape index (κ1) is 13.9. The van der Waals surface area contributed by atoms with Crippen molar-refractivity contribution in [2.24, 2.45) is 0 Å². The van der Waals surface area contributed by atoms with Gasteiger partial charge in [-0.25, -0.2) is 9.59 Å². The van der Waals surface area contributed by atoms with Crippen molar-refractivity contribution >= 4 is 22.9 Å². The predicted octanol–water partition coefficient (Wildman–Crippen LogP) is -0.347. The minimum Gasteiger partial charge on any atom is -0.467 e. The highest BCUT2D eigenvalue weighted by Gasteiger charge is 2.21. The number of esters is 1. The summed E-state index contributed by atoms with van der Waals surface area (Å²) in [7, 11) is 1.39. The zero-order chi connectivity index (χ0) is 11.8. The standard InChI is InChI=1S/C8H15NO5S/c1-13-7(10)6(4-5-15(3)12)9-8(11)14-2/h6H,4-5H2,1-3H3,(H,9,11)/t6-,15+/m0/s1. The van der Waals surface area contributed by atoms with Crippen LogP contribution in [0.4, 0.5) is 4.79 Å². The van der Waals surface area contributed by atoms with E-state index in [-0.39, 0.29) is 6.42 Å². The molecule has 0 aliphatic carbocycles. The summed E-state index contributed by atoms with van der Waals surface area (Å²) in [5.41, 5.74) is 0. The Morgan fingerprint density at radius 2 is 1.93 bits per heavy atom. The van der Waals surface area contributed by atoms with Gasteiger partial charge in [-0.2, -0.15) is 0 Å². The summed E-state index contributed by atoms with van der Waals surface area (Å²) in [6, 6.07) is -0.814. The van der Waals surface area contributed by atoms with Crippen molar-refractivity contribution in [1.82, 2.24) is 5.32 Å². The largest absolute Gasteiger partial charge is 0.467 e. The van der Waals surface area contributed by atoms with Gasteiger partial charge < -0.3 is 14.8 Å². The maximum Gasteiger partial charge on any atom is 0.407 e. The second kappa shape index (κ2) is 7.22. The van der Waals surface area contributed by atoms with E-state index in [0.29, 0.717) is 5.75 Å². The van der Waals surface area contributed by atoms with E-state index in [1.165, 1.54) is 20.5 Å². The quantitative estimate of drug-likeness (QED) is 0.661. The number of hydrogen-bond acceptors (Lipinski definition) is 5. The van der Waals surface area contributed by atoms with Crippen LogP contribution in [0.5, 0.6) is 0 Å². The molecule has 7 heteroatoms. The molecule has 6 nitrogen and oxygen atoms in total. The third kappa shape index (κ3) is 6.05. The average Bonchev–Trinajstić information content (AvgIpc) is 2.22. The molecular formula is C8H15NO5S. The summed E-state index contributed by atoms with van der Waals surface area (Å²) in [5.74, 6) is -0.269. The van der Waals surface area contributed by atoms with E-state index in [4.69, 9.17) is 0 Å². The summed E-state index contributed by atoms with van der Waals surface area (Å²) < 4.78 is 19.7. The third-order valence-electron chi connectivity index (χ3n) is 1.66. The van der Waals surface area contributed by atoms with Gasteiger partial charge in [0.2, 0.25) is 0 Å². The minimum atomic E-state index is -1.02. The Morgan fingerprint density at radius 3 is 2.33 bits per heavy atom. The molecule has 15 heavy (non-hydrogen) atoms. The molecule has 88 valence electrons. The monoisotopic (exact) mass is 237 g/mol. The Bertz CT molecular complexity index is 255. The highest BCUT2D eigenvalue weighted by molar-refractivity contribution is 7.84. The lowest BCUT2D eigenvalue weighted by atomic mass is 10.2. The molecule has 0 aliphatic rings. The predicted molar refractivity (Wildman–Crippen MR) is 54.9 cm³/mol. The van der Waals surface area contributed by atoms with E-state index in [2.05, 4.69) is 14.8 Å². The van der Waals surface area contributed by atoms with Gasteiger partial charge in [0.05, 0.1) is 14.2 Å². The van der Waals surface area contributed by atoms with Crippen molar-refractivity contribution in [2.75, 3.05) is 26.2 Å². The highest BCUT2D eigenvalue weighted by atomic mass is 32.2. The molecule has 0 heterocycles. The maximum absolute atomic E-state index is 11.2. The Morgan fingerprint density at radius 1 is 1.33 bits per heavy atom. The molecule has 0 spiro atoms. The van der Waals surface area contributed by atoms with Crippen molar-refractivity contribution in [3.8, 4) is 0 Å². The Kier molecular flexibility index (Phi) is 6.68. The van der Waals surface area contributed by atoms with Gasteiger partial charge in [-0.05, 0) is 6.42 Å². The number of hydrogen-bond donors (Lipinski definition) is 1. The molecule has 1 amide bonds. The zero-order valence-electron chi connectivity index (χ0n) is 8.94. The van der Waals surface area contributed by atoms with Crippen molar-refractivity contribution in [3.05, 3.63) is 0 Å². The highest BCUT2D eigenvalue weighted by Crippen LogP contribution is 1.97. The molecule has 0 aromatic heterocycles. The van der Waals surface area contributed by atoms with Gasteiger partial charge in [0.25, 0.3) is 0 Å². The lowest BCUT2D eigenvalue weighted by molar-refractivity contribution is -0.143. The zero-order valence-corrected chi connectivity index (χ0v) is 9.76. The van der Waals surface area contributed by atoms with Crippen molar-refractivity contribution in [3.63, 3.8) is 0 Å².